The lowest BCUT2D eigenvalue weighted by molar-refractivity contribution is -0.126. The number of aromatic nitrogens is 1. The number of rotatable bonds is 3. The van der Waals surface area contributed by atoms with E-state index in [2.05, 4.69) is 4.98 Å². The van der Waals surface area contributed by atoms with E-state index in [1.54, 1.807) is 31.2 Å². The van der Waals surface area contributed by atoms with Crippen LogP contribution in [0.2, 0.25) is 0 Å². The number of para-hydroxylation sites is 3. The van der Waals surface area contributed by atoms with E-state index in [-0.39, 0.29) is 12.5 Å². The molecular weight excluding hydrogens is 403 g/mol. The second-order valence-electron chi connectivity index (χ2n) is 6.94. The average molecular weight is 420 g/mol. The highest BCUT2D eigenvalue weighted by Gasteiger charge is 2.34. The standard InChI is InChI=1S/C23H17FN2O3S/c1-14-10-11-15(12-16(14)24)26(23-25-17-6-2-5-9-21(17)30-23)22(27)20-13-28-18-7-3-4-8-19(18)29-20/h2-12,20H,13H2,1H3. The lowest BCUT2D eigenvalue weighted by Gasteiger charge is -2.29. The average Bonchev–Trinajstić information content (AvgIpc) is 3.19. The molecular formula is C23H17FN2O3S. The van der Waals surface area contributed by atoms with Crippen molar-refractivity contribution in [2.45, 2.75) is 13.0 Å². The van der Waals surface area contributed by atoms with Crippen LogP contribution in [-0.2, 0) is 4.79 Å². The number of halogens is 1. The van der Waals surface area contributed by atoms with E-state index in [9.17, 15) is 9.18 Å². The summed E-state index contributed by atoms with van der Waals surface area (Å²) >= 11 is 1.36. The summed E-state index contributed by atoms with van der Waals surface area (Å²) in [4.78, 5) is 19.6. The first-order valence-corrected chi connectivity index (χ1v) is 10.3. The zero-order chi connectivity index (χ0) is 20.7. The first-order valence-electron chi connectivity index (χ1n) is 9.44. The summed E-state index contributed by atoms with van der Waals surface area (Å²) in [5, 5.41) is 0.451. The van der Waals surface area contributed by atoms with Gasteiger partial charge in [-0.25, -0.2) is 9.37 Å². The van der Waals surface area contributed by atoms with Gasteiger partial charge in [0.1, 0.15) is 12.4 Å². The zero-order valence-electron chi connectivity index (χ0n) is 16.0. The molecule has 1 aromatic heterocycles. The van der Waals surface area contributed by atoms with Crippen molar-refractivity contribution in [2.24, 2.45) is 0 Å². The van der Waals surface area contributed by atoms with Crippen molar-refractivity contribution in [2.75, 3.05) is 11.5 Å². The molecule has 1 unspecified atom stereocenters. The highest BCUT2D eigenvalue weighted by Crippen LogP contribution is 2.37. The van der Waals surface area contributed by atoms with Gasteiger partial charge in [-0.2, -0.15) is 0 Å². The van der Waals surface area contributed by atoms with Crippen LogP contribution in [0, 0.1) is 12.7 Å². The Kier molecular flexibility index (Phi) is 4.59. The molecule has 1 amide bonds. The Labute approximate surface area is 176 Å². The van der Waals surface area contributed by atoms with Crippen LogP contribution >= 0.6 is 11.3 Å². The highest BCUT2D eigenvalue weighted by molar-refractivity contribution is 7.22. The van der Waals surface area contributed by atoms with E-state index in [4.69, 9.17) is 9.47 Å². The van der Waals surface area contributed by atoms with E-state index >= 15 is 0 Å². The summed E-state index contributed by atoms with van der Waals surface area (Å²) in [6, 6.07) is 19.5. The number of carbonyl (C=O) groups excluding carboxylic acids is 1. The molecule has 30 heavy (non-hydrogen) atoms. The number of hydrogen-bond donors (Lipinski definition) is 0. The Bertz CT molecular complexity index is 1220. The minimum atomic E-state index is -0.878. The van der Waals surface area contributed by atoms with Gasteiger partial charge in [0, 0.05) is 0 Å². The summed E-state index contributed by atoms with van der Waals surface area (Å²) in [5.74, 6) is 0.334. The second kappa shape index (κ2) is 7.42. The van der Waals surface area contributed by atoms with Gasteiger partial charge in [0.15, 0.2) is 16.6 Å². The largest absolute Gasteiger partial charge is 0.485 e. The molecule has 3 aromatic carbocycles. The topological polar surface area (TPSA) is 51.7 Å². The zero-order valence-corrected chi connectivity index (χ0v) is 16.9. The Morgan fingerprint density at radius 3 is 2.67 bits per heavy atom. The smallest absolute Gasteiger partial charge is 0.278 e. The van der Waals surface area contributed by atoms with Crippen molar-refractivity contribution < 1.29 is 18.7 Å². The van der Waals surface area contributed by atoms with Gasteiger partial charge < -0.3 is 9.47 Å². The molecule has 7 heteroatoms. The molecule has 5 rings (SSSR count). The van der Waals surface area contributed by atoms with E-state index < -0.39 is 11.9 Å². The van der Waals surface area contributed by atoms with E-state index in [1.165, 1.54) is 22.3 Å². The number of hydrogen-bond acceptors (Lipinski definition) is 5. The fraction of sp³-hybridized carbons (Fsp3) is 0.130. The molecule has 0 radical (unpaired) electrons. The van der Waals surface area contributed by atoms with Gasteiger partial charge in [0.25, 0.3) is 5.91 Å². The van der Waals surface area contributed by atoms with Gasteiger partial charge in [0.2, 0.25) is 6.10 Å². The summed E-state index contributed by atoms with van der Waals surface area (Å²) in [6.45, 7) is 1.74. The maximum absolute atomic E-state index is 14.4. The molecule has 0 saturated heterocycles. The number of ether oxygens (including phenoxy) is 2. The summed E-state index contributed by atoms with van der Waals surface area (Å²) in [7, 11) is 0. The van der Waals surface area contributed by atoms with Gasteiger partial charge >= 0.3 is 0 Å². The van der Waals surface area contributed by atoms with Crippen LogP contribution < -0.4 is 14.4 Å². The van der Waals surface area contributed by atoms with E-state index in [1.807, 2.05) is 36.4 Å². The predicted molar refractivity (Wildman–Crippen MR) is 114 cm³/mol. The Morgan fingerprint density at radius 1 is 1.10 bits per heavy atom. The first-order chi connectivity index (χ1) is 14.6. The number of amides is 1. The van der Waals surface area contributed by atoms with Crippen LogP contribution in [0.4, 0.5) is 15.2 Å². The van der Waals surface area contributed by atoms with Crippen molar-refractivity contribution in [3.05, 3.63) is 78.1 Å². The number of aryl methyl sites for hydroxylation is 1. The highest BCUT2D eigenvalue weighted by atomic mass is 32.1. The van der Waals surface area contributed by atoms with E-state index in [0.717, 1.165) is 10.2 Å². The number of benzene rings is 3. The van der Waals surface area contributed by atoms with Crippen LogP contribution in [0.25, 0.3) is 10.2 Å². The second-order valence-corrected chi connectivity index (χ2v) is 7.94. The fourth-order valence-electron chi connectivity index (χ4n) is 3.29. The molecule has 4 aromatic rings. The summed E-state index contributed by atoms with van der Waals surface area (Å²) in [5.41, 5.74) is 1.67. The predicted octanol–water partition coefficient (Wildman–Crippen LogP) is 5.25. The molecule has 150 valence electrons. The number of fused-ring (bicyclic) bond motifs is 2. The van der Waals surface area contributed by atoms with Crippen LogP contribution in [-0.4, -0.2) is 23.6 Å². The molecule has 0 aliphatic carbocycles. The molecule has 5 nitrogen and oxygen atoms in total. The fourth-order valence-corrected chi connectivity index (χ4v) is 4.29. The monoisotopic (exact) mass is 420 g/mol. The van der Waals surface area contributed by atoms with Gasteiger partial charge in [0.05, 0.1) is 15.9 Å². The van der Waals surface area contributed by atoms with Crippen LogP contribution in [0.5, 0.6) is 11.5 Å². The minimum absolute atomic E-state index is 0.0611. The summed E-state index contributed by atoms with van der Waals surface area (Å²) < 4.78 is 26.9. The molecule has 1 aliphatic rings. The molecule has 0 N–H and O–H groups in total. The van der Waals surface area contributed by atoms with Crippen molar-refractivity contribution in [1.29, 1.82) is 0 Å². The maximum Gasteiger partial charge on any atom is 0.278 e. The number of carbonyl (C=O) groups is 1. The van der Waals surface area contributed by atoms with Gasteiger partial charge in [-0.05, 0) is 48.9 Å². The molecule has 1 atom stereocenters. The molecule has 0 bridgehead atoms. The lowest BCUT2D eigenvalue weighted by atomic mass is 10.2. The molecule has 2 heterocycles. The molecule has 0 saturated carbocycles. The SMILES string of the molecule is Cc1ccc(N(C(=O)C2COc3ccccc3O2)c2nc3ccccc3s2)cc1F. The van der Waals surface area contributed by atoms with Crippen molar-refractivity contribution in [1.82, 2.24) is 4.98 Å². The molecule has 1 aliphatic heterocycles. The first kappa shape index (κ1) is 18.6. The maximum atomic E-state index is 14.4. The lowest BCUT2D eigenvalue weighted by Crippen LogP contribution is -2.44. The van der Waals surface area contributed by atoms with Gasteiger partial charge in [-0.15, -0.1) is 0 Å². The molecule has 0 fully saturated rings. The number of nitrogens with zero attached hydrogens (tertiary/aromatic N) is 2. The van der Waals surface area contributed by atoms with Crippen molar-refractivity contribution in [3.63, 3.8) is 0 Å². The number of anilines is 2. The van der Waals surface area contributed by atoms with Crippen LogP contribution in [0.1, 0.15) is 5.56 Å². The Hall–Kier alpha value is -3.45. The van der Waals surface area contributed by atoms with Crippen molar-refractivity contribution in [3.8, 4) is 11.5 Å². The quantitative estimate of drug-likeness (QED) is 0.454. The Morgan fingerprint density at radius 2 is 1.87 bits per heavy atom. The van der Waals surface area contributed by atoms with Crippen molar-refractivity contribution >= 4 is 38.3 Å². The summed E-state index contributed by atoms with van der Waals surface area (Å²) in [6.07, 6.45) is -0.878. The normalized spacial score (nSPS) is 15.2. The van der Waals surface area contributed by atoms with Gasteiger partial charge in [-0.3, -0.25) is 9.69 Å². The minimum Gasteiger partial charge on any atom is -0.485 e. The third-order valence-electron chi connectivity index (χ3n) is 4.89. The van der Waals surface area contributed by atoms with Crippen LogP contribution in [0.3, 0.4) is 0 Å². The van der Waals surface area contributed by atoms with Gasteiger partial charge in [-0.1, -0.05) is 41.7 Å². The third-order valence-corrected chi connectivity index (χ3v) is 5.91. The molecule has 0 spiro atoms. The van der Waals surface area contributed by atoms with E-state index in [0.29, 0.717) is 27.9 Å². The van der Waals surface area contributed by atoms with Crippen LogP contribution in [0.15, 0.2) is 66.7 Å². The third kappa shape index (κ3) is 3.27. The number of thiazole rings is 1. The Balaban J connectivity index is 1.57.